The zero-order valence-corrected chi connectivity index (χ0v) is 23.9. The molecule has 0 aliphatic heterocycles. The zero-order valence-electron chi connectivity index (χ0n) is 20.4. The molecule has 2 radical (unpaired) electrons. The maximum Gasteiger partial charge on any atom is 0.348 e. The number of nitrogens with zero attached hydrogens (tertiary/aromatic N) is 1. The Labute approximate surface area is 215 Å². The Morgan fingerprint density at radius 3 is 2.28 bits per heavy atom. The largest absolute Gasteiger partial charge is 0.465 e. The Hall–Kier alpha value is -2.52. The Balaban J connectivity index is 1.87. The van der Waals surface area contributed by atoms with Gasteiger partial charge in [-0.25, -0.2) is 21.6 Å². The van der Waals surface area contributed by atoms with Crippen molar-refractivity contribution in [3.05, 3.63) is 40.8 Å². The molecule has 192 valence electrons. The first-order valence-corrected chi connectivity index (χ1v) is 16.1. The van der Waals surface area contributed by atoms with Gasteiger partial charge in [0.1, 0.15) is 10.6 Å². The maximum absolute atomic E-state index is 13.0. The third-order valence-electron chi connectivity index (χ3n) is 5.32. The summed E-state index contributed by atoms with van der Waals surface area (Å²) in [6.07, 6.45) is 1.73. The van der Waals surface area contributed by atoms with Gasteiger partial charge in [0, 0.05) is 29.0 Å². The van der Waals surface area contributed by atoms with E-state index in [1.807, 2.05) is 20.8 Å². The summed E-state index contributed by atoms with van der Waals surface area (Å²) < 4.78 is 60.8. The minimum Gasteiger partial charge on any atom is -0.465 e. The van der Waals surface area contributed by atoms with Gasteiger partial charge in [0.15, 0.2) is 19.7 Å². The summed E-state index contributed by atoms with van der Waals surface area (Å²) in [6, 6.07) is 7.96. The van der Waals surface area contributed by atoms with E-state index in [9.17, 15) is 21.6 Å². The van der Waals surface area contributed by atoms with Gasteiger partial charge in [0.05, 0.1) is 23.0 Å². The fourth-order valence-corrected chi connectivity index (χ4v) is 10.1. The van der Waals surface area contributed by atoms with Crippen LogP contribution in [-0.2, 0) is 33.1 Å². The minimum absolute atomic E-state index is 0.00132. The first kappa shape index (κ1) is 26.5. The van der Waals surface area contributed by atoms with Gasteiger partial charge in [0.2, 0.25) is 9.76 Å². The fraction of sp³-hybridized carbons (Fsp3) is 0.364. The molecule has 0 aliphatic rings. The van der Waals surface area contributed by atoms with Gasteiger partial charge in [-0.2, -0.15) is 5.10 Å². The van der Waals surface area contributed by atoms with Gasteiger partial charge in [-0.15, -0.1) is 11.3 Å². The number of benzene rings is 1. The highest BCUT2D eigenvalue weighted by molar-refractivity contribution is 8.08. The number of carbonyl (C=O) groups excluding carboxylic acids is 1. The molecule has 0 amide bonds. The van der Waals surface area contributed by atoms with Crippen LogP contribution in [0.5, 0.6) is 0 Å². The molecule has 0 unspecified atom stereocenters. The molecular formula is C22H25N3O7S3Si. The second-order valence-electron chi connectivity index (χ2n) is 9.46. The molecule has 3 aromatic heterocycles. The number of aromatic nitrogens is 3. The second-order valence-corrected chi connectivity index (χ2v) is 16.9. The number of nitrogens with one attached hydrogen (secondary N) is 2. The number of ether oxygens (including phenoxy) is 1. The summed E-state index contributed by atoms with van der Waals surface area (Å²) in [5, 5.41) is 7.35. The fourth-order valence-electron chi connectivity index (χ4n) is 3.78. The second kappa shape index (κ2) is 8.80. The Morgan fingerprint density at radius 1 is 1.03 bits per heavy atom. The van der Waals surface area contributed by atoms with Crippen LogP contribution in [-0.4, -0.2) is 67.4 Å². The number of aromatic amines is 2. The lowest BCUT2D eigenvalue weighted by atomic mass is 10.1. The van der Waals surface area contributed by atoms with E-state index >= 15 is 0 Å². The van der Waals surface area contributed by atoms with Crippen molar-refractivity contribution in [2.75, 3.05) is 19.6 Å². The van der Waals surface area contributed by atoms with Crippen LogP contribution in [0.15, 0.2) is 30.3 Å². The van der Waals surface area contributed by atoms with E-state index in [-0.39, 0.29) is 5.56 Å². The van der Waals surface area contributed by atoms with Crippen LogP contribution in [0.2, 0.25) is 5.04 Å². The number of hydrogen-bond donors (Lipinski definition) is 2. The van der Waals surface area contributed by atoms with Gasteiger partial charge in [0.25, 0.3) is 4.27 Å². The Kier molecular flexibility index (Phi) is 6.49. The average molecular weight is 568 g/mol. The lowest BCUT2D eigenvalue weighted by Crippen LogP contribution is -2.46. The van der Waals surface area contributed by atoms with Gasteiger partial charge < -0.3 is 14.1 Å². The summed E-state index contributed by atoms with van der Waals surface area (Å²) >= 11 is 1.22. The van der Waals surface area contributed by atoms with E-state index in [1.165, 1.54) is 30.6 Å². The molecule has 36 heavy (non-hydrogen) atoms. The molecule has 0 bridgehead atoms. The summed E-state index contributed by atoms with van der Waals surface area (Å²) in [5.41, 5.74) is 2.47. The predicted octanol–water partition coefficient (Wildman–Crippen LogP) is 3.61. The van der Waals surface area contributed by atoms with Gasteiger partial charge in [-0.1, -0.05) is 26.8 Å². The number of hydrogen-bond acceptors (Lipinski definition) is 9. The molecule has 0 saturated carbocycles. The van der Waals surface area contributed by atoms with Gasteiger partial charge in [-0.3, -0.25) is 5.10 Å². The topological polar surface area (TPSA) is 148 Å². The number of sulfone groups is 2. The van der Waals surface area contributed by atoms with E-state index in [1.54, 1.807) is 18.2 Å². The first-order valence-electron chi connectivity index (χ1n) is 10.6. The van der Waals surface area contributed by atoms with E-state index in [2.05, 4.69) is 15.2 Å². The van der Waals surface area contributed by atoms with Crippen LogP contribution in [0.1, 0.15) is 36.0 Å². The van der Waals surface area contributed by atoms with E-state index in [0.717, 1.165) is 17.2 Å². The van der Waals surface area contributed by atoms with E-state index in [4.69, 9.17) is 9.16 Å². The molecule has 0 atom stereocenters. The number of rotatable bonds is 7. The number of thiophene rings is 1. The van der Waals surface area contributed by atoms with Crippen molar-refractivity contribution in [1.82, 2.24) is 15.2 Å². The van der Waals surface area contributed by atoms with Crippen LogP contribution in [0.4, 0.5) is 0 Å². The average Bonchev–Trinajstić information content (AvgIpc) is 3.43. The van der Waals surface area contributed by atoms with E-state index in [0.29, 0.717) is 32.7 Å². The highest BCUT2D eigenvalue weighted by atomic mass is 32.3. The lowest BCUT2D eigenvalue weighted by molar-refractivity contribution is 0.0606. The van der Waals surface area contributed by atoms with Crippen molar-refractivity contribution in [3.8, 4) is 11.4 Å². The quantitative estimate of drug-likeness (QED) is 0.254. The molecule has 14 heteroatoms. The molecule has 0 aliphatic carbocycles. The van der Waals surface area contributed by atoms with Gasteiger partial charge in [-0.05, 0) is 29.3 Å². The molecule has 0 saturated heterocycles. The third kappa shape index (κ3) is 4.51. The highest BCUT2D eigenvalue weighted by Gasteiger charge is 2.54. The number of carbonyl (C=O) groups is 1. The van der Waals surface area contributed by atoms with Crippen molar-refractivity contribution in [2.45, 2.75) is 30.1 Å². The van der Waals surface area contributed by atoms with Crippen LogP contribution < -0.4 is 0 Å². The Bertz CT molecular complexity index is 1660. The molecule has 4 aromatic rings. The zero-order chi connectivity index (χ0) is 26.7. The number of fused-ring (bicyclic) bond motifs is 2. The van der Waals surface area contributed by atoms with Crippen LogP contribution in [0.3, 0.4) is 0 Å². The van der Waals surface area contributed by atoms with Crippen molar-refractivity contribution < 1.29 is 30.8 Å². The van der Waals surface area contributed by atoms with E-state index < -0.39 is 44.7 Å². The third-order valence-corrected chi connectivity index (χ3v) is 12.2. The van der Waals surface area contributed by atoms with Crippen molar-refractivity contribution in [1.29, 1.82) is 0 Å². The lowest BCUT2D eigenvalue weighted by Gasteiger charge is -2.33. The van der Waals surface area contributed by atoms with Crippen LogP contribution in [0.25, 0.3) is 32.5 Å². The minimum atomic E-state index is -4.27. The first-order chi connectivity index (χ1) is 16.6. The van der Waals surface area contributed by atoms with Gasteiger partial charge >= 0.3 is 5.97 Å². The molecule has 3 heterocycles. The summed E-state index contributed by atoms with van der Waals surface area (Å²) in [6.45, 7) is 5.51. The van der Waals surface area contributed by atoms with Crippen molar-refractivity contribution >= 4 is 67.9 Å². The highest BCUT2D eigenvalue weighted by Crippen LogP contribution is 2.41. The molecule has 0 spiro atoms. The smallest absolute Gasteiger partial charge is 0.348 e. The summed E-state index contributed by atoms with van der Waals surface area (Å²) in [7, 11) is -7.64. The SMILES string of the molecule is COC(=O)c1cc2[nH]nc(-c3cc4cc(C(O[Si]C(C)(C)C)(S(C)(=O)=O)S(C)(=O)=O)ccc4[nH]3)c2s1. The monoisotopic (exact) mass is 567 g/mol. The van der Waals surface area contributed by atoms with Crippen molar-refractivity contribution in [2.24, 2.45) is 0 Å². The predicted molar refractivity (Wildman–Crippen MR) is 141 cm³/mol. The maximum atomic E-state index is 13.0. The summed E-state index contributed by atoms with van der Waals surface area (Å²) in [5.74, 6) is -0.453. The number of methoxy groups -OCH3 is 1. The van der Waals surface area contributed by atoms with Crippen molar-refractivity contribution in [3.63, 3.8) is 0 Å². The normalized spacial score (nSPS) is 13.5. The standard InChI is InChI=1S/C22H25N3O7S3Si/c1-21(2,3)36-32-22(34(5,27)28,35(6,29)30)13-7-8-14-12(9-13)10-15(23-14)18-19-16(24-25-18)11-17(33-19)20(26)31-4/h7-11,23H,1-6H3,(H,24,25). The molecule has 10 nitrogen and oxygen atoms in total. The molecule has 1 aromatic carbocycles. The number of H-pyrrole nitrogens is 2. The molecule has 0 fully saturated rings. The number of esters is 1. The molecule has 4 rings (SSSR count). The Morgan fingerprint density at radius 2 is 1.69 bits per heavy atom. The molecular weight excluding hydrogens is 543 g/mol. The molecule has 2 N–H and O–H groups in total. The van der Waals surface area contributed by atoms with Crippen LogP contribution >= 0.6 is 11.3 Å². The summed E-state index contributed by atoms with van der Waals surface area (Å²) in [4.78, 5) is 15.6. The van der Waals surface area contributed by atoms with Crippen LogP contribution in [0, 0.1) is 0 Å².